The van der Waals surface area contributed by atoms with Crippen molar-refractivity contribution in [3.8, 4) is 0 Å². The van der Waals surface area contributed by atoms with E-state index in [1.807, 2.05) is 91.0 Å². The molecule has 4 aromatic rings. The van der Waals surface area contributed by atoms with Gasteiger partial charge < -0.3 is 9.47 Å². The van der Waals surface area contributed by atoms with Crippen LogP contribution in [-0.2, 0) is 25.9 Å². The Kier molecular flexibility index (Phi) is 6.37. The Bertz CT molecular complexity index is 1200. The fourth-order valence-electron chi connectivity index (χ4n) is 3.93. The van der Waals surface area contributed by atoms with E-state index < -0.39 is 22.9 Å². The van der Waals surface area contributed by atoms with Crippen molar-refractivity contribution in [2.75, 3.05) is 14.2 Å². The monoisotopic (exact) mass is 444 g/mol. The van der Waals surface area contributed by atoms with Crippen molar-refractivity contribution in [1.29, 1.82) is 0 Å². The number of nitrogens with zero attached hydrogens (tertiary/aromatic N) is 1. The number of aromatic nitrogens is 2. The Balaban J connectivity index is 2.06. The molecule has 7 heteroatoms. The van der Waals surface area contributed by atoms with Crippen molar-refractivity contribution in [3.63, 3.8) is 0 Å². The number of H-pyrrole nitrogens is 1. The number of ether oxygens (including phenoxy) is 3. The van der Waals surface area contributed by atoms with Crippen molar-refractivity contribution in [3.05, 3.63) is 141 Å². The highest BCUT2D eigenvalue weighted by Gasteiger charge is 2.48. The van der Waals surface area contributed by atoms with E-state index in [9.17, 15) is 9.59 Å². The zero-order valence-electron chi connectivity index (χ0n) is 18.3. The highest BCUT2D eigenvalue weighted by molar-refractivity contribution is 5.47. The molecular formula is C26H24N2O5. The summed E-state index contributed by atoms with van der Waals surface area (Å²) in [5.41, 5.74) is -0.159. The quantitative estimate of drug-likeness (QED) is 0.333. The van der Waals surface area contributed by atoms with Crippen molar-refractivity contribution >= 4 is 0 Å². The molecule has 0 saturated heterocycles. The topological polar surface area (TPSA) is 82.6 Å². The molecule has 4 rings (SSSR count). The number of rotatable bonds is 8. The maximum atomic E-state index is 12.8. The van der Waals surface area contributed by atoms with E-state index in [0.717, 1.165) is 21.3 Å². The van der Waals surface area contributed by atoms with Crippen LogP contribution in [0.1, 0.15) is 16.7 Å². The first-order valence-corrected chi connectivity index (χ1v) is 10.4. The number of benzene rings is 3. The van der Waals surface area contributed by atoms with Gasteiger partial charge in [0, 0.05) is 26.5 Å². The molecule has 7 nitrogen and oxygen atoms in total. The maximum absolute atomic E-state index is 12.8. The highest BCUT2D eigenvalue weighted by atomic mass is 16.9. The normalized spacial score (nSPS) is 11.9. The number of hydrogen-bond acceptors (Lipinski definition) is 5. The lowest BCUT2D eigenvalue weighted by Gasteiger charge is -2.43. The first kappa shape index (κ1) is 22.4. The Hall–Kier alpha value is -3.78. The summed E-state index contributed by atoms with van der Waals surface area (Å²) in [6.07, 6.45) is -0.733. The smallest absolute Gasteiger partial charge is 0.312 e. The van der Waals surface area contributed by atoms with Crippen LogP contribution in [0.5, 0.6) is 0 Å². The van der Waals surface area contributed by atoms with Crippen LogP contribution in [0.2, 0.25) is 0 Å². The third-order valence-corrected chi connectivity index (χ3v) is 5.46. The zero-order chi connectivity index (χ0) is 23.3. The molecule has 0 atom stereocenters. The van der Waals surface area contributed by atoms with Gasteiger partial charge in [-0.2, -0.15) is 0 Å². The van der Waals surface area contributed by atoms with Gasteiger partial charge in [0.05, 0.1) is 0 Å². The average molecular weight is 444 g/mol. The van der Waals surface area contributed by atoms with E-state index in [0.29, 0.717) is 0 Å². The largest absolute Gasteiger partial charge is 0.385 e. The SMILES string of the molecule is COC(OC)(OC(c1ccccc1)(c1ccccc1)c1ccccc1)n1ccc(=O)[nH]c1=O. The molecule has 0 saturated carbocycles. The molecule has 1 aromatic heterocycles. The summed E-state index contributed by atoms with van der Waals surface area (Å²) in [6, 6.07) is 30.0. The van der Waals surface area contributed by atoms with Gasteiger partial charge in [0.25, 0.3) is 5.56 Å². The van der Waals surface area contributed by atoms with E-state index >= 15 is 0 Å². The van der Waals surface area contributed by atoms with Gasteiger partial charge in [0.1, 0.15) is 0 Å². The van der Waals surface area contributed by atoms with E-state index in [-0.39, 0.29) is 0 Å². The first-order valence-electron chi connectivity index (χ1n) is 10.4. The molecule has 33 heavy (non-hydrogen) atoms. The molecule has 0 spiro atoms. The Morgan fingerprint density at radius 1 is 0.667 bits per heavy atom. The van der Waals surface area contributed by atoms with Gasteiger partial charge in [0.2, 0.25) is 0 Å². The van der Waals surface area contributed by atoms with Gasteiger partial charge in [-0.1, -0.05) is 91.0 Å². The lowest BCUT2D eigenvalue weighted by Crippen LogP contribution is -2.53. The number of nitrogens with one attached hydrogen (secondary N) is 1. The van der Waals surface area contributed by atoms with Gasteiger partial charge in [-0.15, -0.1) is 0 Å². The number of aromatic amines is 1. The van der Waals surface area contributed by atoms with Gasteiger partial charge >= 0.3 is 11.8 Å². The van der Waals surface area contributed by atoms with Crippen LogP contribution in [-0.4, -0.2) is 23.8 Å². The first-order chi connectivity index (χ1) is 16.1. The fraction of sp³-hybridized carbons (Fsp3) is 0.154. The predicted octanol–water partition coefficient (Wildman–Crippen LogP) is 3.41. The zero-order valence-corrected chi connectivity index (χ0v) is 18.3. The van der Waals surface area contributed by atoms with Crippen LogP contribution in [0, 0.1) is 0 Å². The van der Waals surface area contributed by atoms with Gasteiger partial charge in [-0.3, -0.25) is 14.5 Å². The van der Waals surface area contributed by atoms with Gasteiger partial charge in [0.15, 0.2) is 5.60 Å². The van der Waals surface area contributed by atoms with Crippen LogP contribution in [0.3, 0.4) is 0 Å². The Morgan fingerprint density at radius 2 is 1.09 bits per heavy atom. The number of methoxy groups -OCH3 is 2. The van der Waals surface area contributed by atoms with Crippen LogP contribution < -0.4 is 11.2 Å². The van der Waals surface area contributed by atoms with E-state index in [2.05, 4.69) is 4.98 Å². The van der Waals surface area contributed by atoms with E-state index in [4.69, 9.17) is 14.2 Å². The second kappa shape index (κ2) is 9.38. The average Bonchev–Trinajstić information content (AvgIpc) is 2.87. The van der Waals surface area contributed by atoms with Crippen molar-refractivity contribution in [2.24, 2.45) is 0 Å². The lowest BCUT2D eigenvalue weighted by molar-refractivity contribution is -0.443. The molecule has 0 aliphatic rings. The maximum Gasteiger partial charge on any atom is 0.385 e. The summed E-state index contributed by atoms with van der Waals surface area (Å²) < 4.78 is 19.3. The summed E-state index contributed by atoms with van der Waals surface area (Å²) in [4.78, 5) is 26.7. The summed E-state index contributed by atoms with van der Waals surface area (Å²) >= 11 is 0. The van der Waals surface area contributed by atoms with Crippen LogP contribution >= 0.6 is 0 Å². The van der Waals surface area contributed by atoms with E-state index in [1.54, 1.807) is 0 Å². The van der Waals surface area contributed by atoms with Gasteiger partial charge in [-0.25, -0.2) is 9.36 Å². The second-order valence-corrected chi connectivity index (χ2v) is 7.29. The van der Waals surface area contributed by atoms with Crippen molar-refractivity contribution < 1.29 is 14.2 Å². The molecule has 0 amide bonds. The van der Waals surface area contributed by atoms with E-state index in [1.165, 1.54) is 26.5 Å². The third kappa shape index (κ3) is 4.05. The second-order valence-electron chi connectivity index (χ2n) is 7.29. The minimum atomic E-state index is -2.01. The minimum absolute atomic E-state index is 0.544. The fourth-order valence-corrected chi connectivity index (χ4v) is 3.93. The van der Waals surface area contributed by atoms with Crippen molar-refractivity contribution in [1.82, 2.24) is 9.55 Å². The summed E-state index contributed by atoms with van der Waals surface area (Å²) in [5.74, 6) is 0. The molecule has 0 unspecified atom stereocenters. The Labute approximate surface area is 190 Å². The number of hydrogen-bond donors (Lipinski definition) is 1. The molecular weight excluding hydrogens is 420 g/mol. The molecule has 0 bridgehead atoms. The third-order valence-electron chi connectivity index (χ3n) is 5.46. The lowest BCUT2D eigenvalue weighted by atomic mass is 9.80. The standard InChI is InChI=1S/C26H24N2O5/c1-31-26(32-2,28-19-18-23(29)27-24(28)30)33-25(20-12-6-3-7-13-20,21-14-8-4-9-15-21)22-16-10-5-11-17-22/h3-19H,1-2H3,(H,27,29,30). The summed E-state index contributed by atoms with van der Waals surface area (Å²) in [7, 11) is 2.74. The minimum Gasteiger partial charge on any atom is -0.312 e. The summed E-state index contributed by atoms with van der Waals surface area (Å²) in [5, 5.41) is 0. The molecule has 0 aliphatic heterocycles. The van der Waals surface area contributed by atoms with Gasteiger partial charge in [-0.05, 0) is 16.7 Å². The molecule has 3 aromatic carbocycles. The molecule has 0 radical (unpaired) electrons. The molecule has 1 N–H and O–H groups in total. The predicted molar refractivity (Wildman–Crippen MR) is 124 cm³/mol. The highest BCUT2D eigenvalue weighted by Crippen LogP contribution is 2.44. The molecule has 0 fully saturated rings. The molecule has 1 heterocycles. The Morgan fingerprint density at radius 3 is 1.45 bits per heavy atom. The van der Waals surface area contributed by atoms with Crippen LogP contribution in [0.15, 0.2) is 113 Å². The van der Waals surface area contributed by atoms with Crippen LogP contribution in [0.25, 0.3) is 0 Å². The molecule has 0 aliphatic carbocycles. The summed E-state index contributed by atoms with van der Waals surface area (Å²) in [6.45, 7) is 0. The molecule has 168 valence electrons. The van der Waals surface area contributed by atoms with Crippen LogP contribution in [0.4, 0.5) is 0 Å². The van der Waals surface area contributed by atoms with Crippen molar-refractivity contribution in [2.45, 2.75) is 11.7 Å².